The predicted molar refractivity (Wildman–Crippen MR) is 81.1 cm³/mol. The molecule has 1 aromatic heterocycles. The van der Waals surface area contributed by atoms with Gasteiger partial charge in [-0.3, -0.25) is 10.1 Å². The first-order valence-corrected chi connectivity index (χ1v) is 6.70. The Morgan fingerprint density at radius 3 is 2.74 bits per heavy atom. The highest BCUT2D eigenvalue weighted by Crippen LogP contribution is 2.29. The lowest BCUT2D eigenvalue weighted by Crippen LogP contribution is -2.02. The predicted octanol–water partition coefficient (Wildman–Crippen LogP) is 4.04. The molecule has 0 saturated carbocycles. The summed E-state index contributed by atoms with van der Waals surface area (Å²) in [4.78, 5) is 17.7. The Morgan fingerprint density at radius 1 is 1.37 bits per heavy atom. The molecule has 0 unspecified atom stereocenters. The van der Waals surface area contributed by atoms with Crippen LogP contribution in [0.1, 0.15) is 0 Å². The summed E-state index contributed by atoms with van der Waals surface area (Å²) in [5.74, 6) is 0.0326. The lowest BCUT2D eigenvalue weighted by atomic mass is 10.3. The van der Waals surface area contributed by atoms with E-state index in [1.807, 2.05) is 0 Å². The van der Waals surface area contributed by atoms with E-state index >= 15 is 0 Å². The van der Waals surface area contributed by atoms with E-state index in [4.69, 9.17) is 23.2 Å². The Labute approximate surface area is 131 Å². The number of nitrogens with one attached hydrogen (secondary N) is 1. The van der Waals surface area contributed by atoms with Crippen molar-refractivity contribution < 1.29 is 4.92 Å². The number of anilines is 2. The third kappa shape index (κ3) is 3.43. The molecule has 9 heteroatoms. The smallest absolute Gasteiger partial charge is 0.329 e. The van der Waals surface area contributed by atoms with Gasteiger partial charge in [0.1, 0.15) is 6.20 Å². The molecule has 0 saturated heterocycles. The first-order valence-electron chi connectivity index (χ1n) is 4.86. The average molecular weight is 411 g/mol. The van der Waals surface area contributed by atoms with E-state index < -0.39 is 4.92 Å². The quantitative estimate of drug-likeness (QED) is 0.357. The number of hydrogen-bond donors (Lipinski definition) is 1. The van der Waals surface area contributed by atoms with Crippen LogP contribution in [0.4, 0.5) is 17.2 Å². The Morgan fingerprint density at radius 2 is 2.11 bits per heavy atom. The normalized spacial score (nSPS) is 10.3. The second-order valence-electron chi connectivity index (χ2n) is 3.38. The topological polar surface area (TPSA) is 81.0 Å². The molecular formula is C10H5Cl2IN4O2. The molecule has 19 heavy (non-hydrogen) atoms. The number of aromatic nitrogens is 2. The third-order valence-electron chi connectivity index (χ3n) is 2.12. The van der Waals surface area contributed by atoms with Gasteiger partial charge in [-0.1, -0.05) is 11.6 Å². The largest absolute Gasteiger partial charge is 0.333 e. The first kappa shape index (κ1) is 14.2. The van der Waals surface area contributed by atoms with Gasteiger partial charge < -0.3 is 5.32 Å². The summed E-state index contributed by atoms with van der Waals surface area (Å²) >= 11 is 13.5. The molecule has 0 aliphatic heterocycles. The van der Waals surface area contributed by atoms with E-state index in [2.05, 4.69) is 37.9 Å². The maximum Gasteiger partial charge on any atom is 0.329 e. The SMILES string of the molecule is O=[N+]([O-])c1cnc(Cl)nc1Nc1ccc(Cl)cc1I. The minimum Gasteiger partial charge on any atom is -0.333 e. The van der Waals surface area contributed by atoms with Gasteiger partial charge >= 0.3 is 5.69 Å². The first-order chi connectivity index (χ1) is 8.97. The second-order valence-corrected chi connectivity index (χ2v) is 5.32. The molecule has 1 aromatic carbocycles. The summed E-state index contributed by atoms with van der Waals surface area (Å²) in [5.41, 5.74) is 0.387. The van der Waals surface area contributed by atoms with E-state index in [0.717, 1.165) is 9.77 Å². The zero-order valence-electron chi connectivity index (χ0n) is 9.10. The molecule has 98 valence electrons. The molecule has 0 aliphatic rings. The van der Waals surface area contributed by atoms with Gasteiger partial charge in [0.25, 0.3) is 0 Å². The van der Waals surface area contributed by atoms with Crippen LogP contribution in [-0.2, 0) is 0 Å². The lowest BCUT2D eigenvalue weighted by Gasteiger charge is -2.08. The van der Waals surface area contributed by atoms with E-state index in [0.29, 0.717) is 10.7 Å². The maximum absolute atomic E-state index is 10.9. The standard InChI is InChI=1S/C10H5Cl2IN4O2/c11-5-1-2-7(6(13)3-5)15-9-8(17(18)19)4-14-10(12)16-9/h1-4H,(H,14,15,16). The van der Waals surface area contributed by atoms with Crippen LogP contribution in [0, 0.1) is 13.7 Å². The molecule has 2 rings (SSSR count). The summed E-state index contributed by atoms with van der Waals surface area (Å²) in [5, 5.41) is 14.2. The fourth-order valence-corrected chi connectivity index (χ4v) is 2.44. The van der Waals surface area contributed by atoms with Crippen LogP contribution in [0.15, 0.2) is 24.4 Å². The number of hydrogen-bond acceptors (Lipinski definition) is 5. The van der Waals surface area contributed by atoms with Gasteiger partial charge in [0.15, 0.2) is 0 Å². The van der Waals surface area contributed by atoms with Crippen molar-refractivity contribution in [1.82, 2.24) is 9.97 Å². The van der Waals surface area contributed by atoms with Crippen LogP contribution in [0.2, 0.25) is 10.3 Å². The van der Waals surface area contributed by atoms with Crippen molar-refractivity contribution in [3.63, 3.8) is 0 Å². The van der Waals surface area contributed by atoms with Crippen molar-refractivity contribution in [3.05, 3.63) is 48.4 Å². The molecule has 0 spiro atoms. The zero-order valence-corrected chi connectivity index (χ0v) is 12.8. The van der Waals surface area contributed by atoms with Crippen LogP contribution in [-0.4, -0.2) is 14.9 Å². The minimum absolute atomic E-state index is 0.0326. The van der Waals surface area contributed by atoms with E-state index in [-0.39, 0.29) is 16.8 Å². The van der Waals surface area contributed by atoms with E-state index in [1.54, 1.807) is 18.2 Å². The summed E-state index contributed by atoms with van der Waals surface area (Å²) < 4.78 is 0.800. The third-order valence-corrected chi connectivity index (χ3v) is 3.43. The van der Waals surface area contributed by atoms with Gasteiger partial charge in [0, 0.05) is 8.59 Å². The van der Waals surface area contributed by atoms with Crippen LogP contribution in [0.5, 0.6) is 0 Å². The molecular weight excluding hydrogens is 406 g/mol. The van der Waals surface area contributed by atoms with Crippen molar-refractivity contribution in [2.75, 3.05) is 5.32 Å². The number of nitro groups is 1. The number of halogens is 3. The molecule has 0 aliphatic carbocycles. The van der Waals surface area contributed by atoms with Crippen LogP contribution < -0.4 is 5.32 Å². The fraction of sp³-hybridized carbons (Fsp3) is 0. The van der Waals surface area contributed by atoms with Crippen LogP contribution in [0.25, 0.3) is 0 Å². The van der Waals surface area contributed by atoms with Crippen molar-refractivity contribution in [2.45, 2.75) is 0 Å². The van der Waals surface area contributed by atoms with Crippen molar-refractivity contribution in [2.24, 2.45) is 0 Å². The number of rotatable bonds is 3. The van der Waals surface area contributed by atoms with Crippen molar-refractivity contribution in [1.29, 1.82) is 0 Å². The van der Waals surface area contributed by atoms with Crippen LogP contribution >= 0.6 is 45.8 Å². The van der Waals surface area contributed by atoms with Crippen molar-refractivity contribution >= 4 is 63.0 Å². The molecule has 0 amide bonds. The van der Waals surface area contributed by atoms with Gasteiger partial charge in [-0.25, -0.2) is 4.98 Å². The van der Waals surface area contributed by atoms with Gasteiger partial charge in [0.2, 0.25) is 11.1 Å². The zero-order chi connectivity index (χ0) is 14.0. The molecule has 0 atom stereocenters. The Kier molecular flexibility index (Phi) is 4.38. The average Bonchev–Trinajstić information content (AvgIpc) is 2.32. The van der Waals surface area contributed by atoms with E-state index in [9.17, 15) is 10.1 Å². The Hall–Kier alpha value is -1.19. The molecule has 0 bridgehead atoms. The number of benzene rings is 1. The summed E-state index contributed by atoms with van der Waals surface area (Å²) in [6.07, 6.45) is 1.06. The lowest BCUT2D eigenvalue weighted by molar-refractivity contribution is -0.384. The molecule has 6 nitrogen and oxygen atoms in total. The maximum atomic E-state index is 10.9. The molecule has 0 fully saturated rings. The monoisotopic (exact) mass is 410 g/mol. The van der Waals surface area contributed by atoms with E-state index in [1.165, 1.54) is 0 Å². The van der Waals surface area contributed by atoms with Crippen molar-refractivity contribution in [3.8, 4) is 0 Å². The molecule has 2 aromatic rings. The number of nitrogens with zero attached hydrogens (tertiary/aromatic N) is 3. The highest BCUT2D eigenvalue weighted by Gasteiger charge is 2.17. The Bertz CT molecular complexity index is 653. The highest BCUT2D eigenvalue weighted by molar-refractivity contribution is 14.1. The Balaban J connectivity index is 2.42. The molecule has 1 N–H and O–H groups in total. The van der Waals surface area contributed by atoms with Gasteiger partial charge in [-0.15, -0.1) is 0 Å². The van der Waals surface area contributed by atoms with Gasteiger partial charge in [-0.2, -0.15) is 4.98 Å². The van der Waals surface area contributed by atoms with Crippen LogP contribution in [0.3, 0.4) is 0 Å². The summed E-state index contributed by atoms with van der Waals surface area (Å²) in [6.45, 7) is 0. The summed E-state index contributed by atoms with van der Waals surface area (Å²) in [6, 6.07) is 5.09. The minimum atomic E-state index is -0.582. The van der Waals surface area contributed by atoms with Gasteiger partial charge in [-0.05, 0) is 52.4 Å². The summed E-state index contributed by atoms with van der Waals surface area (Å²) in [7, 11) is 0. The van der Waals surface area contributed by atoms with Gasteiger partial charge in [0.05, 0.1) is 10.6 Å². The molecule has 1 heterocycles. The highest BCUT2D eigenvalue weighted by atomic mass is 127. The second kappa shape index (κ2) is 5.85. The fourth-order valence-electron chi connectivity index (χ4n) is 1.30. The molecule has 0 radical (unpaired) electrons.